The number of aromatic nitrogens is 1. The van der Waals surface area contributed by atoms with E-state index in [1.807, 2.05) is 32.0 Å². The van der Waals surface area contributed by atoms with Crippen molar-refractivity contribution in [1.82, 2.24) is 10.4 Å². The van der Waals surface area contributed by atoms with Crippen LogP contribution in [0.4, 0.5) is 0 Å². The number of carbonyl (C=O) groups is 1. The zero-order valence-electron chi connectivity index (χ0n) is 12.6. The highest BCUT2D eigenvalue weighted by Crippen LogP contribution is 2.26. The first-order valence-corrected chi connectivity index (χ1v) is 8.04. The second-order valence-corrected chi connectivity index (χ2v) is 6.11. The van der Waals surface area contributed by atoms with Gasteiger partial charge in [-0.3, -0.25) is 4.79 Å². The summed E-state index contributed by atoms with van der Waals surface area (Å²) >= 11 is 9.29. The maximum atomic E-state index is 11.9. The Bertz CT molecular complexity index is 735. The van der Waals surface area contributed by atoms with E-state index in [2.05, 4.69) is 31.4 Å². The van der Waals surface area contributed by atoms with E-state index in [0.717, 1.165) is 15.8 Å². The molecule has 0 atom stereocenters. The van der Waals surface area contributed by atoms with Crippen molar-refractivity contribution in [2.45, 2.75) is 20.0 Å². The van der Waals surface area contributed by atoms with Crippen LogP contribution in [0.25, 0.3) is 0 Å². The molecule has 1 aromatic carbocycles. The summed E-state index contributed by atoms with van der Waals surface area (Å²) in [5, 5.41) is 4.06. The van der Waals surface area contributed by atoms with Gasteiger partial charge in [0.15, 0.2) is 0 Å². The summed E-state index contributed by atoms with van der Waals surface area (Å²) < 4.78 is 6.45. The number of carbonyl (C=O) groups excluding carboxylic acids is 1. The van der Waals surface area contributed by atoms with Crippen molar-refractivity contribution in [2.24, 2.45) is 5.10 Å². The molecular weight excluding hydrogens is 382 g/mol. The monoisotopic (exact) mass is 395 g/mol. The molecule has 23 heavy (non-hydrogen) atoms. The Morgan fingerprint density at radius 1 is 1.43 bits per heavy atom. The van der Waals surface area contributed by atoms with Gasteiger partial charge >= 0.3 is 0 Å². The summed E-state index contributed by atoms with van der Waals surface area (Å²) in [4.78, 5) is 15.8. The summed E-state index contributed by atoms with van der Waals surface area (Å²) in [6.45, 7) is 3.92. The van der Waals surface area contributed by atoms with Crippen LogP contribution in [-0.2, 0) is 0 Å². The lowest BCUT2D eigenvalue weighted by molar-refractivity contribution is 0.0955. The van der Waals surface area contributed by atoms with Crippen LogP contribution in [0, 0.1) is 0 Å². The SMILES string of the molecule is CC(C)Oc1ccc(C=NNC(=O)c2cccnc2Cl)cc1Br. The minimum absolute atomic E-state index is 0.0920. The van der Waals surface area contributed by atoms with Crippen molar-refractivity contribution in [1.29, 1.82) is 0 Å². The number of nitrogens with zero attached hydrogens (tertiary/aromatic N) is 2. The quantitative estimate of drug-likeness (QED) is 0.471. The van der Waals surface area contributed by atoms with Crippen LogP contribution in [0.15, 0.2) is 46.1 Å². The molecule has 1 heterocycles. The Labute approximate surface area is 147 Å². The molecule has 1 amide bonds. The van der Waals surface area contributed by atoms with Crippen LogP contribution in [0.5, 0.6) is 5.75 Å². The zero-order chi connectivity index (χ0) is 16.8. The fraction of sp³-hybridized carbons (Fsp3) is 0.188. The molecule has 7 heteroatoms. The van der Waals surface area contributed by atoms with Crippen molar-refractivity contribution >= 4 is 39.7 Å². The smallest absolute Gasteiger partial charge is 0.274 e. The van der Waals surface area contributed by atoms with Gasteiger partial charge in [0.1, 0.15) is 10.9 Å². The number of benzene rings is 1. The number of amides is 1. The van der Waals surface area contributed by atoms with Gasteiger partial charge in [0.2, 0.25) is 0 Å². The predicted molar refractivity (Wildman–Crippen MR) is 94.2 cm³/mol. The first-order valence-electron chi connectivity index (χ1n) is 6.87. The number of rotatable bonds is 5. The molecule has 1 N–H and O–H groups in total. The van der Waals surface area contributed by atoms with Gasteiger partial charge in [0, 0.05) is 6.20 Å². The normalized spacial score (nSPS) is 11.0. The maximum absolute atomic E-state index is 11.9. The molecule has 0 saturated carbocycles. The molecule has 0 aliphatic rings. The van der Waals surface area contributed by atoms with E-state index in [-0.39, 0.29) is 16.8 Å². The third-order valence-corrected chi connectivity index (χ3v) is 3.62. The number of halogens is 2. The predicted octanol–water partition coefficient (Wildman–Crippen LogP) is 4.05. The number of nitrogens with one attached hydrogen (secondary N) is 1. The molecule has 0 saturated heterocycles. The third-order valence-electron chi connectivity index (χ3n) is 2.70. The van der Waals surface area contributed by atoms with E-state index in [1.54, 1.807) is 12.1 Å². The fourth-order valence-corrected chi connectivity index (χ4v) is 2.42. The van der Waals surface area contributed by atoms with Crippen LogP contribution >= 0.6 is 27.5 Å². The lowest BCUT2D eigenvalue weighted by Gasteiger charge is -2.11. The largest absolute Gasteiger partial charge is 0.490 e. The Morgan fingerprint density at radius 2 is 2.22 bits per heavy atom. The molecule has 0 aliphatic carbocycles. The van der Waals surface area contributed by atoms with Gasteiger partial charge in [0.25, 0.3) is 5.91 Å². The zero-order valence-corrected chi connectivity index (χ0v) is 14.9. The molecule has 5 nitrogen and oxygen atoms in total. The standard InChI is InChI=1S/C16H15BrClN3O2/c1-10(2)23-14-6-5-11(8-13(14)17)9-20-21-16(22)12-4-3-7-19-15(12)18/h3-10H,1-2H3,(H,21,22). The van der Waals surface area contributed by atoms with E-state index in [9.17, 15) is 4.79 Å². The number of hydrogen-bond donors (Lipinski definition) is 1. The van der Waals surface area contributed by atoms with Crippen LogP contribution < -0.4 is 10.2 Å². The number of ether oxygens (including phenoxy) is 1. The van der Waals surface area contributed by atoms with Gasteiger partial charge in [-0.15, -0.1) is 0 Å². The van der Waals surface area contributed by atoms with Crippen LogP contribution in [-0.4, -0.2) is 23.2 Å². The molecule has 120 valence electrons. The Morgan fingerprint density at radius 3 is 2.87 bits per heavy atom. The van der Waals surface area contributed by atoms with Gasteiger partial charge in [-0.05, 0) is 65.7 Å². The van der Waals surface area contributed by atoms with Crippen molar-refractivity contribution in [3.05, 3.63) is 57.3 Å². The molecular formula is C16H15BrClN3O2. The summed E-state index contributed by atoms with van der Waals surface area (Å²) in [5.74, 6) is 0.335. The summed E-state index contributed by atoms with van der Waals surface area (Å²) in [6, 6.07) is 8.74. The molecule has 0 fully saturated rings. The van der Waals surface area contributed by atoms with Crippen LogP contribution in [0.3, 0.4) is 0 Å². The van der Waals surface area contributed by atoms with E-state index < -0.39 is 5.91 Å². The molecule has 0 radical (unpaired) electrons. The Kier molecular flexibility index (Phi) is 6.12. The highest BCUT2D eigenvalue weighted by molar-refractivity contribution is 9.10. The Hall–Kier alpha value is -1.92. The van der Waals surface area contributed by atoms with Crippen molar-refractivity contribution < 1.29 is 9.53 Å². The Balaban J connectivity index is 2.02. The topological polar surface area (TPSA) is 63.6 Å². The van der Waals surface area contributed by atoms with Gasteiger partial charge in [-0.2, -0.15) is 5.10 Å². The molecule has 2 rings (SSSR count). The van der Waals surface area contributed by atoms with Gasteiger partial charge in [0.05, 0.1) is 22.4 Å². The minimum atomic E-state index is -0.418. The third kappa shape index (κ3) is 5.04. The first kappa shape index (κ1) is 17.4. The van der Waals surface area contributed by atoms with Crippen molar-refractivity contribution in [3.63, 3.8) is 0 Å². The molecule has 1 aromatic heterocycles. The highest BCUT2D eigenvalue weighted by atomic mass is 79.9. The van der Waals surface area contributed by atoms with Crippen LogP contribution in [0.2, 0.25) is 5.15 Å². The average Bonchev–Trinajstić information content (AvgIpc) is 2.50. The van der Waals surface area contributed by atoms with E-state index >= 15 is 0 Å². The van der Waals surface area contributed by atoms with E-state index in [0.29, 0.717) is 0 Å². The number of hydrogen-bond acceptors (Lipinski definition) is 4. The van der Waals surface area contributed by atoms with E-state index in [4.69, 9.17) is 16.3 Å². The highest BCUT2D eigenvalue weighted by Gasteiger charge is 2.09. The summed E-state index contributed by atoms with van der Waals surface area (Å²) in [7, 11) is 0. The van der Waals surface area contributed by atoms with Gasteiger partial charge < -0.3 is 4.74 Å². The van der Waals surface area contributed by atoms with Crippen LogP contribution in [0.1, 0.15) is 29.8 Å². The number of pyridine rings is 1. The molecule has 0 bridgehead atoms. The first-order chi connectivity index (χ1) is 11.0. The molecule has 2 aromatic rings. The minimum Gasteiger partial charge on any atom is -0.490 e. The van der Waals surface area contributed by atoms with Crippen molar-refractivity contribution in [2.75, 3.05) is 0 Å². The van der Waals surface area contributed by atoms with Gasteiger partial charge in [-0.25, -0.2) is 10.4 Å². The molecule has 0 spiro atoms. The average molecular weight is 397 g/mol. The van der Waals surface area contributed by atoms with Gasteiger partial charge in [-0.1, -0.05) is 11.6 Å². The fourth-order valence-electron chi connectivity index (χ4n) is 1.73. The summed E-state index contributed by atoms with van der Waals surface area (Å²) in [6.07, 6.45) is 3.14. The lowest BCUT2D eigenvalue weighted by atomic mass is 10.2. The van der Waals surface area contributed by atoms with E-state index in [1.165, 1.54) is 12.4 Å². The number of hydrazone groups is 1. The molecule has 0 unspecified atom stereocenters. The maximum Gasteiger partial charge on any atom is 0.274 e. The second-order valence-electron chi connectivity index (χ2n) is 4.90. The van der Waals surface area contributed by atoms with Crippen molar-refractivity contribution in [3.8, 4) is 5.75 Å². The molecule has 0 aliphatic heterocycles. The second kappa shape index (κ2) is 8.08. The lowest BCUT2D eigenvalue weighted by Crippen LogP contribution is -2.18. The summed E-state index contributed by atoms with van der Waals surface area (Å²) in [5.41, 5.74) is 3.50.